The van der Waals surface area contributed by atoms with Gasteiger partial charge in [0.15, 0.2) is 0 Å². The molecule has 0 aliphatic carbocycles. The molecule has 0 bridgehead atoms. The fourth-order valence-electron chi connectivity index (χ4n) is 2.66. The van der Waals surface area contributed by atoms with Crippen molar-refractivity contribution < 1.29 is 0 Å². The van der Waals surface area contributed by atoms with E-state index in [0.717, 1.165) is 31.6 Å². The van der Waals surface area contributed by atoms with Crippen LogP contribution in [0.25, 0.3) is 0 Å². The second-order valence-corrected chi connectivity index (χ2v) is 5.16. The first-order valence-corrected chi connectivity index (χ1v) is 7.14. The van der Waals surface area contributed by atoms with Gasteiger partial charge in [0.25, 0.3) is 0 Å². The molecule has 106 valence electrons. The molecule has 0 spiro atoms. The number of aromatic nitrogens is 2. The van der Waals surface area contributed by atoms with Crippen LogP contribution in [0.4, 0.5) is 11.6 Å². The summed E-state index contributed by atoms with van der Waals surface area (Å²) in [5.41, 5.74) is 1.81. The highest BCUT2D eigenvalue weighted by atomic mass is 15.2. The molecule has 1 N–H and O–H groups in total. The molecule has 2 heterocycles. The Morgan fingerprint density at radius 1 is 1.24 bits per heavy atom. The molecule has 1 saturated heterocycles. The van der Waals surface area contributed by atoms with Crippen molar-refractivity contribution in [2.75, 3.05) is 23.3 Å². The van der Waals surface area contributed by atoms with Crippen molar-refractivity contribution in [3.8, 4) is 6.07 Å². The van der Waals surface area contributed by atoms with Gasteiger partial charge < -0.3 is 10.2 Å². The van der Waals surface area contributed by atoms with Gasteiger partial charge >= 0.3 is 0 Å². The fourth-order valence-corrected chi connectivity index (χ4v) is 2.66. The average Bonchev–Trinajstić information content (AvgIpc) is 2.56. The predicted octanol–water partition coefficient (Wildman–Crippen LogP) is 2.43. The molecule has 1 fully saturated rings. The fraction of sp³-hybridized carbons (Fsp3) is 0.312. The van der Waals surface area contributed by atoms with Crippen LogP contribution in [0, 0.1) is 11.3 Å². The number of rotatable bonds is 3. The molecular formula is C16H17N5. The van der Waals surface area contributed by atoms with Crippen LogP contribution < -0.4 is 10.2 Å². The Balaban J connectivity index is 1.69. The van der Waals surface area contributed by atoms with E-state index in [4.69, 9.17) is 5.26 Å². The van der Waals surface area contributed by atoms with E-state index in [1.807, 2.05) is 24.3 Å². The molecule has 1 aromatic carbocycles. The Labute approximate surface area is 124 Å². The molecule has 21 heavy (non-hydrogen) atoms. The zero-order valence-electron chi connectivity index (χ0n) is 11.7. The van der Waals surface area contributed by atoms with Crippen LogP contribution in [0.5, 0.6) is 0 Å². The Morgan fingerprint density at radius 2 is 2.10 bits per heavy atom. The van der Waals surface area contributed by atoms with Crippen LogP contribution in [0.3, 0.4) is 0 Å². The topological polar surface area (TPSA) is 64.8 Å². The van der Waals surface area contributed by atoms with Gasteiger partial charge in [-0.05, 0) is 37.1 Å². The number of hydrogen-bond donors (Lipinski definition) is 1. The Kier molecular flexibility index (Phi) is 3.97. The first kappa shape index (κ1) is 13.4. The lowest BCUT2D eigenvalue weighted by atomic mass is 10.0. The molecule has 2 aromatic rings. The number of nitrogens with one attached hydrogen (secondary N) is 1. The van der Waals surface area contributed by atoms with Gasteiger partial charge in [0, 0.05) is 37.2 Å². The largest absolute Gasteiger partial charge is 0.369 e. The van der Waals surface area contributed by atoms with Crippen molar-refractivity contribution in [2.45, 2.75) is 18.9 Å². The number of anilines is 2. The summed E-state index contributed by atoms with van der Waals surface area (Å²) >= 11 is 0. The monoisotopic (exact) mass is 279 g/mol. The Bertz CT molecular complexity index is 635. The van der Waals surface area contributed by atoms with Crippen molar-refractivity contribution in [2.24, 2.45) is 0 Å². The molecular weight excluding hydrogens is 262 g/mol. The van der Waals surface area contributed by atoms with Crippen LogP contribution >= 0.6 is 0 Å². The smallest absolute Gasteiger partial charge is 0.222 e. The minimum Gasteiger partial charge on any atom is -0.369 e. The number of nitriles is 1. The van der Waals surface area contributed by atoms with Crippen LogP contribution in [-0.2, 0) is 0 Å². The minimum absolute atomic E-state index is 0.326. The summed E-state index contributed by atoms with van der Waals surface area (Å²) < 4.78 is 0. The van der Waals surface area contributed by atoms with Crippen molar-refractivity contribution in [3.63, 3.8) is 0 Å². The number of nitrogens with zero attached hydrogens (tertiary/aromatic N) is 4. The van der Waals surface area contributed by atoms with Crippen molar-refractivity contribution in [1.82, 2.24) is 9.97 Å². The highest BCUT2D eigenvalue weighted by Gasteiger charge is 2.20. The van der Waals surface area contributed by atoms with Gasteiger partial charge in [-0.25, -0.2) is 9.97 Å². The van der Waals surface area contributed by atoms with E-state index in [1.54, 1.807) is 12.4 Å². The lowest BCUT2D eigenvalue weighted by Crippen LogP contribution is -2.42. The highest BCUT2D eigenvalue weighted by Crippen LogP contribution is 2.22. The summed E-state index contributed by atoms with van der Waals surface area (Å²) in [5, 5.41) is 12.4. The maximum atomic E-state index is 9.01. The number of benzene rings is 1. The molecule has 5 heteroatoms. The molecule has 1 aliphatic rings. The van der Waals surface area contributed by atoms with Crippen molar-refractivity contribution in [1.29, 1.82) is 5.26 Å². The van der Waals surface area contributed by atoms with Crippen molar-refractivity contribution >= 4 is 11.6 Å². The molecule has 5 nitrogen and oxygen atoms in total. The van der Waals surface area contributed by atoms with E-state index in [1.165, 1.54) is 0 Å². The van der Waals surface area contributed by atoms with Crippen LogP contribution in [0.15, 0.2) is 42.7 Å². The lowest BCUT2D eigenvalue weighted by molar-refractivity contribution is 0.527. The zero-order chi connectivity index (χ0) is 14.5. The molecule has 0 unspecified atom stereocenters. The quantitative estimate of drug-likeness (QED) is 0.934. The number of piperidine rings is 1. The summed E-state index contributed by atoms with van der Waals surface area (Å²) in [7, 11) is 0. The summed E-state index contributed by atoms with van der Waals surface area (Å²) in [6.07, 6.45) is 5.70. The van der Waals surface area contributed by atoms with Gasteiger partial charge in [0.05, 0.1) is 11.6 Å². The molecule has 1 atom stereocenters. The third kappa shape index (κ3) is 3.29. The Hall–Kier alpha value is -2.61. The first-order valence-electron chi connectivity index (χ1n) is 7.14. The second-order valence-electron chi connectivity index (χ2n) is 5.16. The zero-order valence-corrected chi connectivity index (χ0v) is 11.7. The van der Waals surface area contributed by atoms with Gasteiger partial charge in [0.2, 0.25) is 5.95 Å². The van der Waals surface area contributed by atoms with Gasteiger partial charge in [-0.3, -0.25) is 0 Å². The highest BCUT2D eigenvalue weighted by molar-refractivity contribution is 5.52. The lowest BCUT2D eigenvalue weighted by Gasteiger charge is -2.34. The molecule has 0 amide bonds. The number of hydrogen-bond acceptors (Lipinski definition) is 5. The molecule has 0 saturated carbocycles. The van der Waals surface area contributed by atoms with Crippen LogP contribution in [-0.4, -0.2) is 29.1 Å². The van der Waals surface area contributed by atoms with E-state index >= 15 is 0 Å². The molecule has 1 aromatic heterocycles. The normalized spacial score (nSPS) is 18.0. The van der Waals surface area contributed by atoms with Gasteiger partial charge in [-0.15, -0.1) is 0 Å². The van der Waals surface area contributed by atoms with E-state index in [-0.39, 0.29) is 0 Å². The third-order valence-electron chi connectivity index (χ3n) is 3.66. The third-order valence-corrected chi connectivity index (χ3v) is 3.66. The second kappa shape index (κ2) is 6.23. The van der Waals surface area contributed by atoms with Gasteiger partial charge in [-0.1, -0.05) is 6.07 Å². The summed E-state index contributed by atoms with van der Waals surface area (Å²) in [4.78, 5) is 10.7. The first-order chi connectivity index (χ1) is 10.3. The summed E-state index contributed by atoms with van der Waals surface area (Å²) in [5.74, 6) is 0.676. The van der Waals surface area contributed by atoms with Crippen LogP contribution in [0.1, 0.15) is 18.4 Å². The maximum absolute atomic E-state index is 9.01. The summed E-state index contributed by atoms with van der Waals surface area (Å²) in [6, 6.07) is 12.1. The maximum Gasteiger partial charge on any atom is 0.222 e. The van der Waals surface area contributed by atoms with E-state index in [9.17, 15) is 0 Å². The standard InChI is InChI=1S/C16H17N5/c17-11-13-4-1-6-15(10-13)21-9-2-5-14(12-21)20-16-18-7-3-8-19-16/h1,3-4,6-8,10,14H,2,5,9,12H2,(H,18,19,20)/t14-/m1/s1. The van der Waals surface area contributed by atoms with Gasteiger partial charge in [0.1, 0.15) is 0 Å². The van der Waals surface area contributed by atoms with Crippen LogP contribution in [0.2, 0.25) is 0 Å². The predicted molar refractivity (Wildman–Crippen MR) is 82.0 cm³/mol. The molecule has 3 rings (SSSR count). The molecule has 0 radical (unpaired) electrons. The molecule has 1 aliphatic heterocycles. The average molecular weight is 279 g/mol. The van der Waals surface area contributed by atoms with E-state index in [2.05, 4.69) is 32.3 Å². The minimum atomic E-state index is 0.326. The SMILES string of the molecule is N#Cc1cccc(N2CCC[C@@H](Nc3ncccn3)C2)c1. The van der Waals surface area contributed by atoms with Gasteiger partial charge in [-0.2, -0.15) is 5.26 Å². The van der Waals surface area contributed by atoms with E-state index in [0.29, 0.717) is 17.6 Å². The Morgan fingerprint density at radius 3 is 2.90 bits per heavy atom. The summed E-state index contributed by atoms with van der Waals surface area (Å²) in [6.45, 7) is 1.91. The van der Waals surface area contributed by atoms with Crippen molar-refractivity contribution in [3.05, 3.63) is 48.3 Å². The van der Waals surface area contributed by atoms with E-state index < -0.39 is 0 Å².